The minimum atomic E-state index is -1.09. The van der Waals surface area contributed by atoms with E-state index in [1.54, 1.807) is 24.1 Å². The topological polar surface area (TPSA) is 77.8 Å². The summed E-state index contributed by atoms with van der Waals surface area (Å²) in [6.07, 6.45) is 12.1. The number of rotatable bonds is 4. The van der Waals surface area contributed by atoms with E-state index in [9.17, 15) is 19.8 Å². The van der Waals surface area contributed by atoms with Crippen LogP contribution < -0.4 is 0 Å². The summed E-state index contributed by atoms with van der Waals surface area (Å²) < 4.78 is 0. The number of carbonyl (C=O) groups excluding carboxylic acids is 1. The molecule has 0 amide bonds. The Hall–Kier alpha value is -2.40. The normalized spacial score (nSPS) is 26.8. The lowest BCUT2D eigenvalue weighted by Crippen LogP contribution is -2.38. The van der Waals surface area contributed by atoms with Gasteiger partial charge in [-0.15, -0.1) is 0 Å². The van der Waals surface area contributed by atoms with Crippen LogP contribution in [0.25, 0.3) is 0 Å². The van der Waals surface area contributed by atoms with Gasteiger partial charge in [0.05, 0.1) is 0 Å². The summed E-state index contributed by atoms with van der Waals surface area (Å²) in [6.45, 7) is 1.94. The summed E-state index contributed by atoms with van der Waals surface area (Å²) >= 11 is 0. The van der Waals surface area contributed by atoms with Gasteiger partial charge in [-0.05, 0) is 31.3 Å². The Morgan fingerprint density at radius 3 is 2.84 bits per heavy atom. The van der Waals surface area contributed by atoms with Gasteiger partial charge < -0.3 is 15.1 Å². The van der Waals surface area contributed by atoms with Gasteiger partial charge in [-0.1, -0.05) is 37.3 Å². The number of ketones is 1. The fraction of sp³-hybridized carbons (Fsp3) is 0.400. The van der Waals surface area contributed by atoms with Crippen LogP contribution >= 0.6 is 0 Å². The number of aliphatic hydroxyl groups is 1. The van der Waals surface area contributed by atoms with Crippen LogP contribution in [0, 0.1) is 11.8 Å². The van der Waals surface area contributed by atoms with Crippen LogP contribution in [0.3, 0.4) is 0 Å². The van der Waals surface area contributed by atoms with Gasteiger partial charge in [0.25, 0.3) is 0 Å². The van der Waals surface area contributed by atoms with Crippen molar-refractivity contribution >= 4 is 11.8 Å². The molecule has 0 aromatic rings. The molecule has 0 radical (unpaired) electrons. The van der Waals surface area contributed by atoms with Crippen LogP contribution in [0.5, 0.6) is 0 Å². The minimum absolute atomic E-state index is 0.0624. The Morgan fingerprint density at radius 2 is 2.12 bits per heavy atom. The number of Topliss-reactive ketones (excluding diaryl/α,β-unsaturated/α-hetero) is 1. The summed E-state index contributed by atoms with van der Waals surface area (Å²) in [5.74, 6) is -0.899. The number of likely N-dealkylation sites (N-methyl/N-ethyl adjacent to an activating group) is 1. The number of carboxylic acid groups (broad SMARTS) is 1. The van der Waals surface area contributed by atoms with Crippen LogP contribution in [-0.4, -0.2) is 40.1 Å². The lowest BCUT2D eigenvalue weighted by molar-refractivity contribution is -0.133. The summed E-state index contributed by atoms with van der Waals surface area (Å²) in [7, 11) is 1.68. The van der Waals surface area contributed by atoms with Gasteiger partial charge in [0.15, 0.2) is 12.0 Å². The molecule has 0 bridgehead atoms. The molecule has 5 heteroatoms. The Labute approximate surface area is 147 Å². The maximum atomic E-state index is 12.7. The number of aliphatic carboxylic acids is 1. The van der Waals surface area contributed by atoms with E-state index >= 15 is 0 Å². The highest BCUT2D eigenvalue weighted by atomic mass is 16.4. The van der Waals surface area contributed by atoms with E-state index in [-0.39, 0.29) is 17.6 Å². The number of hydrogen-bond donors (Lipinski definition) is 2. The van der Waals surface area contributed by atoms with E-state index in [1.165, 1.54) is 0 Å². The smallest absolute Gasteiger partial charge is 0.331 e. The molecular formula is C20H23NO4. The zero-order chi connectivity index (χ0) is 18.1. The monoisotopic (exact) mass is 341 g/mol. The first kappa shape index (κ1) is 17.4. The molecule has 3 unspecified atom stereocenters. The van der Waals surface area contributed by atoms with Gasteiger partial charge in [-0.3, -0.25) is 4.79 Å². The lowest BCUT2D eigenvalue weighted by Gasteiger charge is -2.33. The first-order chi connectivity index (χ1) is 11.9. The second kappa shape index (κ2) is 6.84. The van der Waals surface area contributed by atoms with E-state index in [1.807, 2.05) is 25.2 Å². The van der Waals surface area contributed by atoms with Gasteiger partial charge in [0.1, 0.15) is 0 Å². The molecule has 25 heavy (non-hydrogen) atoms. The molecule has 132 valence electrons. The summed E-state index contributed by atoms with van der Waals surface area (Å²) in [4.78, 5) is 25.6. The number of nitrogens with zero attached hydrogens (tertiary/aromatic N) is 1. The Kier molecular flexibility index (Phi) is 4.77. The predicted molar refractivity (Wildman–Crippen MR) is 94.4 cm³/mol. The lowest BCUT2D eigenvalue weighted by atomic mass is 9.80. The highest BCUT2D eigenvalue weighted by molar-refractivity contribution is 6.10. The van der Waals surface area contributed by atoms with Crippen LogP contribution in [-0.2, 0) is 9.59 Å². The Balaban J connectivity index is 1.84. The molecule has 3 rings (SSSR count). The van der Waals surface area contributed by atoms with Crippen LogP contribution in [0.15, 0.2) is 58.9 Å². The number of aliphatic hydroxyl groups excluding tert-OH is 1. The van der Waals surface area contributed by atoms with Crippen molar-refractivity contribution in [2.75, 3.05) is 7.05 Å². The molecule has 3 aliphatic rings. The first-order valence-corrected chi connectivity index (χ1v) is 8.56. The van der Waals surface area contributed by atoms with Crippen molar-refractivity contribution in [2.24, 2.45) is 11.8 Å². The number of carbonyl (C=O) groups is 2. The van der Waals surface area contributed by atoms with E-state index in [0.717, 1.165) is 12.0 Å². The molecule has 0 fully saturated rings. The molecule has 2 N–H and O–H groups in total. The molecule has 0 heterocycles. The van der Waals surface area contributed by atoms with Crippen molar-refractivity contribution in [3.05, 3.63) is 58.9 Å². The second-order valence-corrected chi connectivity index (χ2v) is 6.89. The molecular weight excluding hydrogens is 318 g/mol. The van der Waals surface area contributed by atoms with E-state index < -0.39 is 12.2 Å². The maximum absolute atomic E-state index is 12.7. The number of carboxylic acids is 1. The molecule has 3 aliphatic carbocycles. The summed E-state index contributed by atoms with van der Waals surface area (Å²) in [6, 6.07) is 0. The largest absolute Gasteiger partial charge is 0.478 e. The maximum Gasteiger partial charge on any atom is 0.331 e. The quantitative estimate of drug-likeness (QED) is 0.607. The zero-order valence-electron chi connectivity index (χ0n) is 14.5. The minimum Gasteiger partial charge on any atom is -0.478 e. The number of hydrogen-bond acceptors (Lipinski definition) is 4. The number of fused-ring (bicyclic) bond motifs is 1. The van der Waals surface area contributed by atoms with Gasteiger partial charge in [0.2, 0.25) is 0 Å². The molecule has 3 atom stereocenters. The Morgan fingerprint density at radius 1 is 1.36 bits per heavy atom. The van der Waals surface area contributed by atoms with Crippen LogP contribution in [0.1, 0.15) is 26.2 Å². The summed E-state index contributed by atoms with van der Waals surface area (Å²) in [5, 5.41) is 20.0. The molecule has 0 aliphatic heterocycles. The standard InChI is InChI=1S/C20H23NO4/c1-12-9-14(20(24)25)11-15(10-12)21(2)19(23)17-8-7-13-5-3-4-6-16(13)18(17)22/h3,5-6,8,10-13,19,23H,4,7,9H2,1-2H3,(H,24,25). The number of allylic oxidation sites excluding steroid dienone is 7. The highest BCUT2D eigenvalue weighted by Gasteiger charge is 2.33. The van der Waals surface area contributed by atoms with Crippen molar-refractivity contribution in [1.29, 1.82) is 0 Å². The van der Waals surface area contributed by atoms with E-state index in [0.29, 0.717) is 29.7 Å². The van der Waals surface area contributed by atoms with Crippen LogP contribution in [0.4, 0.5) is 0 Å². The van der Waals surface area contributed by atoms with Gasteiger partial charge in [-0.2, -0.15) is 0 Å². The zero-order valence-corrected chi connectivity index (χ0v) is 14.5. The fourth-order valence-electron chi connectivity index (χ4n) is 3.60. The third-order valence-electron chi connectivity index (χ3n) is 5.00. The summed E-state index contributed by atoms with van der Waals surface area (Å²) in [5.41, 5.74) is 2.05. The van der Waals surface area contributed by atoms with Crippen molar-refractivity contribution in [1.82, 2.24) is 4.90 Å². The molecule has 0 aromatic heterocycles. The highest BCUT2D eigenvalue weighted by Crippen LogP contribution is 2.33. The SMILES string of the molecule is CC1C=C(N(C)C(O)C2=CCC3C=CCC=C3C2=O)C=C(C(=O)O)C1. The predicted octanol–water partition coefficient (Wildman–Crippen LogP) is 2.57. The molecule has 0 saturated heterocycles. The molecule has 0 aromatic carbocycles. The molecule has 0 saturated carbocycles. The first-order valence-electron chi connectivity index (χ1n) is 8.56. The molecule has 5 nitrogen and oxygen atoms in total. The van der Waals surface area contributed by atoms with Crippen LogP contribution in [0.2, 0.25) is 0 Å². The fourth-order valence-corrected chi connectivity index (χ4v) is 3.60. The average molecular weight is 341 g/mol. The average Bonchev–Trinajstić information content (AvgIpc) is 2.60. The van der Waals surface area contributed by atoms with Crippen molar-refractivity contribution in [3.63, 3.8) is 0 Å². The van der Waals surface area contributed by atoms with Crippen molar-refractivity contribution in [3.8, 4) is 0 Å². The van der Waals surface area contributed by atoms with Gasteiger partial charge in [-0.25, -0.2) is 4.79 Å². The Bertz CT molecular complexity index is 754. The van der Waals surface area contributed by atoms with Crippen molar-refractivity contribution in [2.45, 2.75) is 32.4 Å². The van der Waals surface area contributed by atoms with Gasteiger partial charge >= 0.3 is 5.97 Å². The third-order valence-corrected chi connectivity index (χ3v) is 5.00. The van der Waals surface area contributed by atoms with Gasteiger partial charge in [0, 0.05) is 35.4 Å². The second-order valence-electron chi connectivity index (χ2n) is 6.89. The van der Waals surface area contributed by atoms with E-state index in [2.05, 4.69) is 6.08 Å². The van der Waals surface area contributed by atoms with E-state index in [4.69, 9.17) is 0 Å². The molecule has 0 spiro atoms. The third kappa shape index (κ3) is 3.37. The van der Waals surface area contributed by atoms with Crippen molar-refractivity contribution < 1.29 is 19.8 Å².